The van der Waals surface area contributed by atoms with Crippen LogP contribution in [0, 0.1) is 11.8 Å². The monoisotopic (exact) mass is 451 g/mol. The SMILES string of the molecule is CCCCCCCCCCCCCC(C)CCCC(C)CCCCCCCCCCCC. The smallest absolute Gasteiger partial charge is 0.0443 e. The minimum absolute atomic E-state index is 0.957. The number of hydrogen-bond acceptors (Lipinski definition) is 0. The standard InChI is InChI=1S/C32H66/c1-5-7-9-11-13-15-17-19-21-23-25-28-32(4)30-26-29-31(3)27-24-22-20-18-16-14-12-10-8-6-2/h31-32H,5-30H2,1-4H3. The molecule has 0 rings (SSSR count). The Morgan fingerprint density at radius 2 is 0.500 bits per heavy atom. The summed E-state index contributed by atoms with van der Waals surface area (Å²) < 4.78 is 0. The fourth-order valence-electron chi connectivity index (χ4n) is 5.24. The minimum atomic E-state index is 0.957. The number of unbranched alkanes of at least 4 members (excludes halogenated alkanes) is 19. The van der Waals surface area contributed by atoms with Crippen molar-refractivity contribution in [1.29, 1.82) is 0 Å². The van der Waals surface area contributed by atoms with E-state index in [0.717, 1.165) is 11.8 Å². The highest BCUT2D eigenvalue weighted by molar-refractivity contribution is 4.59. The number of hydrogen-bond donors (Lipinski definition) is 0. The van der Waals surface area contributed by atoms with Gasteiger partial charge in [0.05, 0.1) is 0 Å². The van der Waals surface area contributed by atoms with Gasteiger partial charge in [-0.2, -0.15) is 0 Å². The van der Waals surface area contributed by atoms with Crippen LogP contribution in [0.3, 0.4) is 0 Å². The first-order valence-electron chi connectivity index (χ1n) is 15.7. The highest BCUT2D eigenvalue weighted by atomic mass is 14.1. The van der Waals surface area contributed by atoms with Gasteiger partial charge < -0.3 is 0 Å². The van der Waals surface area contributed by atoms with E-state index >= 15 is 0 Å². The molecule has 0 spiro atoms. The van der Waals surface area contributed by atoms with Gasteiger partial charge in [-0.25, -0.2) is 0 Å². The van der Waals surface area contributed by atoms with E-state index in [-0.39, 0.29) is 0 Å². The molecule has 2 unspecified atom stereocenters. The van der Waals surface area contributed by atoms with Crippen LogP contribution in [0.15, 0.2) is 0 Å². The summed E-state index contributed by atoms with van der Waals surface area (Å²) in [7, 11) is 0. The average Bonchev–Trinajstić information content (AvgIpc) is 2.78. The predicted octanol–water partition coefficient (Wildman–Crippen LogP) is 12.4. The van der Waals surface area contributed by atoms with Gasteiger partial charge in [0.25, 0.3) is 0 Å². The molecular formula is C32H66. The third kappa shape index (κ3) is 26.3. The van der Waals surface area contributed by atoms with E-state index < -0.39 is 0 Å². The normalized spacial score (nSPS) is 13.5. The Labute approximate surface area is 206 Å². The third-order valence-corrected chi connectivity index (χ3v) is 7.74. The van der Waals surface area contributed by atoms with Crippen LogP contribution in [0.4, 0.5) is 0 Å². The summed E-state index contributed by atoms with van der Waals surface area (Å²) in [5.41, 5.74) is 0. The molecule has 32 heavy (non-hydrogen) atoms. The molecule has 194 valence electrons. The molecule has 0 radical (unpaired) electrons. The van der Waals surface area contributed by atoms with Crippen molar-refractivity contribution in [3.8, 4) is 0 Å². The molecule has 0 nitrogen and oxygen atoms in total. The maximum absolute atomic E-state index is 2.50. The van der Waals surface area contributed by atoms with Crippen molar-refractivity contribution in [2.75, 3.05) is 0 Å². The first-order chi connectivity index (χ1) is 15.7. The topological polar surface area (TPSA) is 0 Å². The lowest BCUT2D eigenvalue weighted by atomic mass is 9.92. The van der Waals surface area contributed by atoms with Gasteiger partial charge in [0.2, 0.25) is 0 Å². The summed E-state index contributed by atoms with van der Waals surface area (Å²) in [6.07, 6.45) is 38.1. The molecule has 0 fully saturated rings. The second-order valence-electron chi connectivity index (χ2n) is 11.4. The van der Waals surface area contributed by atoms with Crippen molar-refractivity contribution in [1.82, 2.24) is 0 Å². The highest BCUT2D eigenvalue weighted by Gasteiger charge is 2.06. The molecule has 0 saturated heterocycles. The molecule has 0 N–H and O–H groups in total. The fourth-order valence-corrected chi connectivity index (χ4v) is 5.24. The molecule has 0 aromatic carbocycles. The lowest BCUT2D eigenvalue weighted by Gasteiger charge is -2.14. The largest absolute Gasteiger partial charge is 0.0654 e. The van der Waals surface area contributed by atoms with Crippen LogP contribution in [0.2, 0.25) is 0 Å². The van der Waals surface area contributed by atoms with Gasteiger partial charge in [0.1, 0.15) is 0 Å². The molecule has 0 amide bonds. The summed E-state index contributed by atoms with van der Waals surface area (Å²) in [5.74, 6) is 1.91. The summed E-state index contributed by atoms with van der Waals surface area (Å²) in [5, 5.41) is 0. The van der Waals surface area contributed by atoms with Gasteiger partial charge in [-0.15, -0.1) is 0 Å². The van der Waals surface area contributed by atoms with Gasteiger partial charge in [0.15, 0.2) is 0 Å². The maximum Gasteiger partial charge on any atom is -0.0443 e. The molecule has 0 heteroatoms. The summed E-state index contributed by atoms with van der Waals surface area (Å²) >= 11 is 0. The van der Waals surface area contributed by atoms with E-state index in [1.54, 1.807) is 0 Å². The van der Waals surface area contributed by atoms with Crippen LogP contribution in [-0.2, 0) is 0 Å². The van der Waals surface area contributed by atoms with Crippen molar-refractivity contribution >= 4 is 0 Å². The zero-order chi connectivity index (χ0) is 23.5. The van der Waals surface area contributed by atoms with Gasteiger partial charge in [-0.05, 0) is 11.8 Å². The van der Waals surface area contributed by atoms with Crippen LogP contribution in [0.25, 0.3) is 0 Å². The molecular weight excluding hydrogens is 384 g/mol. The van der Waals surface area contributed by atoms with Gasteiger partial charge in [0, 0.05) is 0 Å². The van der Waals surface area contributed by atoms with Gasteiger partial charge in [-0.3, -0.25) is 0 Å². The molecule has 0 aromatic rings. The molecule has 0 aliphatic carbocycles. The molecule has 0 aromatic heterocycles. The molecule has 0 bridgehead atoms. The van der Waals surface area contributed by atoms with Crippen molar-refractivity contribution in [2.24, 2.45) is 11.8 Å². The van der Waals surface area contributed by atoms with Crippen LogP contribution in [-0.4, -0.2) is 0 Å². The van der Waals surface area contributed by atoms with Crippen molar-refractivity contribution in [3.63, 3.8) is 0 Å². The Bertz CT molecular complexity index is 320. The van der Waals surface area contributed by atoms with Crippen LogP contribution >= 0.6 is 0 Å². The Kier molecular flexibility index (Phi) is 27.2. The van der Waals surface area contributed by atoms with Crippen molar-refractivity contribution in [2.45, 2.75) is 195 Å². The molecule has 0 aliphatic heterocycles. The van der Waals surface area contributed by atoms with Gasteiger partial charge in [-0.1, -0.05) is 195 Å². The highest BCUT2D eigenvalue weighted by Crippen LogP contribution is 2.22. The zero-order valence-electron chi connectivity index (χ0n) is 23.5. The van der Waals surface area contributed by atoms with E-state index in [1.165, 1.54) is 167 Å². The van der Waals surface area contributed by atoms with Crippen LogP contribution in [0.1, 0.15) is 195 Å². The average molecular weight is 451 g/mol. The fraction of sp³-hybridized carbons (Fsp3) is 1.00. The van der Waals surface area contributed by atoms with E-state index in [4.69, 9.17) is 0 Å². The molecule has 2 atom stereocenters. The quantitative estimate of drug-likeness (QED) is 0.109. The Morgan fingerprint density at radius 1 is 0.281 bits per heavy atom. The van der Waals surface area contributed by atoms with Crippen LogP contribution < -0.4 is 0 Å². The zero-order valence-corrected chi connectivity index (χ0v) is 23.5. The molecule has 0 saturated carbocycles. The Hall–Kier alpha value is 0. The summed E-state index contributed by atoms with van der Waals surface area (Å²) in [4.78, 5) is 0. The van der Waals surface area contributed by atoms with Crippen molar-refractivity contribution in [3.05, 3.63) is 0 Å². The second-order valence-corrected chi connectivity index (χ2v) is 11.4. The predicted molar refractivity (Wildman–Crippen MR) is 150 cm³/mol. The Balaban J connectivity index is 3.27. The minimum Gasteiger partial charge on any atom is -0.0654 e. The summed E-state index contributed by atoms with van der Waals surface area (Å²) in [6, 6.07) is 0. The van der Waals surface area contributed by atoms with Crippen LogP contribution in [0.5, 0.6) is 0 Å². The molecule has 0 heterocycles. The lowest BCUT2D eigenvalue weighted by molar-refractivity contribution is 0.390. The first-order valence-corrected chi connectivity index (χ1v) is 15.7. The first kappa shape index (κ1) is 32.0. The molecule has 0 aliphatic rings. The van der Waals surface area contributed by atoms with E-state index in [9.17, 15) is 0 Å². The van der Waals surface area contributed by atoms with E-state index in [0.29, 0.717) is 0 Å². The Morgan fingerprint density at radius 3 is 0.781 bits per heavy atom. The van der Waals surface area contributed by atoms with Crippen molar-refractivity contribution < 1.29 is 0 Å². The van der Waals surface area contributed by atoms with E-state index in [2.05, 4.69) is 27.7 Å². The lowest BCUT2D eigenvalue weighted by Crippen LogP contribution is -1.99. The van der Waals surface area contributed by atoms with Gasteiger partial charge >= 0.3 is 0 Å². The summed E-state index contributed by atoms with van der Waals surface area (Å²) in [6.45, 7) is 9.62. The second kappa shape index (κ2) is 27.2. The van der Waals surface area contributed by atoms with E-state index in [1.807, 2.05) is 0 Å². The maximum atomic E-state index is 2.50. The number of rotatable bonds is 27. The third-order valence-electron chi connectivity index (χ3n) is 7.74.